The molecule has 1 N–H and O–H groups in total. The van der Waals surface area contributed by atoms with Crippen molar-refractivity contribution in [3.63, 3.8) is 0 Å². The molecule has 19 heavy (non-hydrogen) atoms. The minimum absolute atomic E-state index is 0.131. The maximum atomic E-state index is 5.58. The highest BCUT2D eigenvalue weighted by atomic mass is 16.5. The maximum Gasteiger partial charge on any atom is 0.218 e. The lowest BCUT2D eigenvalue weighted by Gasteiger charge is -2.35. The van der Waals surface area contributed by atoms with Crippen molar-refractivity contribution in [2.75, 3.05) is 18.9 Å². The van der Waals surface area contributed by atoms with E-state index < -0.39 is 0 Å². The van der Waals surface area contributed by atoms with E-state index in [0.717, 1.165) is 25.2 Å². The fourth-order valence-corrected chi connectivity index (χ4v) is 2.35. The van der Waals surface area contributed by atoms with Gasteiger partial charge >= 0.3 is 0 Å². The number of ether oxygens (including phenoxy) is 1. The molecule has 0 bridgehead atoms. The Morgan fingerprint density at radius 2 is 2.21 bits per heavy atom. The molecule has 0 amide bonds. The van der Waals surface area contributed by atoms with Crippen LogP contribution in [-0.4, -0.2) is 46.6 Å². The van der Waals surface area contributed by atoms with E-state index in [1.54, 1.807) is 6.33 Å². The summed E-state index contributed by atoms with van der Waals surface area (Å²) in [4.78, 5) is 10.8. The van der Waals surface area contributed by atoms with Gasteiger partial charge in [0.25, 0.3) is 0 Å². The number of rotatable bonds is 4. The molecule has 1 aromatic rings. The minimum atomic E-state index is 0.131. The summed E-state index contributed by atoms with van der Waals surface area (Å²) in [5.41, 5.74) is 0. The SMILES string of the molecule is CC(C)Oc1cc(NC2CCN(C)C(C)C2)ncn1. The Balaban J connectivity index is 1.95. The van der Waals surface area contributed by atoms with Gasteiger partial charge in [0.05, 0.1) is 6.10 Å². The quantitative estimate of drug-likeness (QED) is 0.903. The van der Waals surface area contributed by atoms with Crippen molar-refractivity contribution in [1.82, 2.24) is 14.9 Å². The van der Waals surface area contributed by atoms with Crippen molar-refractivity contribution >= 4 is 5.82 Å². The largest absolute Gasteiger partial charge is 0.475 e. The zero-order valence-corrected chi connectivity index (χ0v) is 12.3. The van der Waals surface area contributed by atoms with E-state index in [-0.39, 0.29) is 6.10 Å². The van der Waals surface area contributed by atoms with Crippen molar-refractivity contribution in [3.8, 4) is 5.88 Å². The first-order valence-corrected chi connectivity index (χ1v) is 7.00. The number of hydrogen-bond acceptors (Lipinski definition) is 5. The van der Waals surface area contributed by atoms with Gasteiger partial charge in [-0.05, 0) is 40.7 Å². The molecule has 0 aromatic carbocycles. The minimum Gasteiger partial charge on any atom is -0.475 e. The van der Waals surface area contributed by atoms with Gasteiger partial charge in [0.2, 0.25) is 5.88 Å². The van der Waals surface area contributed by atoms with E-state index in [1.807, 2.05) is 19.9 Å². The third-order valence-corrected chi connectivity index (χ3v) is 3.56. The predicted molar refractivity (Wildman–Crippen MR) is 76.5 cm³/mol. The number of likely N-dealkylation sites (tertiary alicyclic amines) is 1. The summed E-state index contributed by atoms with van der Waals surface area (Å²) in [6.07, 6.45) is 3.97. The van der Waals surface area contributed by atoms with Crippen LogP contribution in [0.25, 0.3) is 0 Å². The Labute approximate surface area is 115 Å². The first-order valence-electron chi connectivity index (χ1n) is 7.00. The molecule has 1 fully saturated rings. The average molecular weight is 264 g/mol. The van der Waals surface area contributed by atoms with Crippen LogP contribution in [0, 0.1) is 0 Å². The Morgan fingerprint density at radius 3 is 2.89 bits per heavy atom. The van der Waals surface area contributed by atoms with Gasteiger partial charge in [-0.3, -0.25) is 0 Å². The molecule has 2 heterocycles. The Bertz CT molecular complexity index is 410. The molecule has 0 radical (unpaired) electrons. The van der Waals surface area contributed by atoms with Crippen LogP contribution in [0.5, 0.6) is 5.88 Å². The fraction of sp³-hybridized carbons (Fsp3) is 0.714. The number of hydrogen-bond donors (Lipinski definition) is 1. The van der Waals surface area contributed by atoms with Crippen molar-refractivity contribution in [2.24, 2.45) is 0 Å². The molecule has 0 spiro atoms. The van der Waals surface area contributed by atoms with E-state index in [1.165, 1.54) is 0 Å². The maximum absolute atomic E-state index is 5.58. The number of aromatic nitrogens is 2. The van der Waals surface area contributed by atoms with Gasteiger partial charge in [-0.15, -0.1) is 0 Å². The summed E-state index contributed by atoms with van der Waals surface area (Å²) in [5.74, 6) is 1.49. The lowest BCUT2D eigenvalue weighted by atomic mass is 9.99. The van der Waals surface area contributed by atoms with Gasteiger partial charge in [0.1, 0.15) is 12.1 Å². The first-order chi connectivity index (χ1) is 9.04. The van der Waals surface area contributed by atoms with E-state index >= 15 is 0 Å². The van der Waals surface area contributed by atoms with Crippen LogP contribution in [0.2, 0.25) is 0 Å². The second-order valence-corrected chi connectivity index (χ2v) is 5.60. The number of nitrogens with one attached hydrogen (secondary N) is 1. The van der Waals surface area contributed by atoms with Crippen molar-refractivity contribution in [1.29, 1.82) is 0 Å². The lowest BCUT2D eigenvalue weighted by Crippen LogP contribution is -2.42. The Kier molecular flexibility index (Phi) is 4.58. The van der Waals surface area contributed by atoms with E-state index in [0.29, 0.717) is 18.0 Å². The van der Waals surface area contributed by atoms with Crippen molar-refractivity contribution < 1.29 is 4.74 Å². The topological polar surface area (TPSA) is 50.3 Å². The van der Waals surface area contributed by atoms with Gasteiger partial charge in [-0.2, -0.15) is 0 Å². The van der Waals surface area contributed by atoms with Crippen LogP contribution in [0.15, 0.2) is 12.4 Å². The highest BCUT2D eigenvalue weighted by Crippen LogP contribution is 2.20. The standard InChI is InChI=1S/C14H24N4O/c1-10(2)19-14-8-13(15-9-16-14)17-12-5-6-18(4)11(3)7-12/h8-12H,5-7H2,1-4H3,(H,15,16,17). The molecule has 1 aliphatic heterocycles. The summed E-state index contributed by atoms with van der Waals surface area (Å²) in [7, 11) is 2.18. The van der Waals surface area contributed by atoms with Gasteiger partial charge in [0, 0.05) is 24.7 Å². The number of anilines is 1. The Hall–Kier alpha value is -1.36. The first kappa shape index (κ1) is 14.1. The predicted octanol–water partition coefficient (Wildman–Crippen LogP) is 2.16. The molecular formula is C14H24N4O. The zero-order chi connectivity index (χ0) is 13.8. The van der Waals surface area contributed by atoms with Gasteiger partial charge < -0.3 is 15.0 Å². The smallest absolute Gasteiger partial charge is 0.218 e. The van der Waals surface area contributed by atoms with Crippen LogP contribution < -0.4 is 10.1 Å². The molecule has 2 unspecified atom stereocenters. The van der Waals surface area contributed by atoms with Crippen LogP contribution in [0.4, 0.5) is 5.82 Å². The molecule has 1 aliphatic rings. The van der Waals surface area contributed by atoms with E-state index in [4.69, 9.17) is 4.74 Å². The number of piperidine rings is 1. The molecule has 106 valence electrons. The van der Waals surface area contributed by atoms with Gasteiger partial charge in [-0.1, -0.05) is 0 Å². The monoisotopic (exact) mass is 264 g/mol. The Morgan fingerprint density at radius 1 is 1.42 bits per heavy atom. The van der Waals surface area contributed by atoms with Gasteiger partial charge in [0.15, 0.2) is 0 Å². The van der Waals surface area contributed by atoms with Crippen LogP contribution in [0.3, 0.4) is 0 Å². The second-order valence-electron chi connectivity index (χ2n) is 5.60. The zero-order valence-electron chi connectivity index (χ0n) is 12.3. The van der Waals surface area contributed by atoms with Crippen LogP contribution in [-0.2, 0) is 0 Å². The third-order valence-electron chi connectivity index (χ3n) is 3.56. The third kappa shape index (κ3) is 4.06. The molecule has 5 nitrogen and oxygen atoms in total. The molecule has 0 saturated carbocycles. The summed E-state index contributed by atoms with van der Waals surface area (Å²) in [6.45, 7) is 7.38. The normalized spacial score (nSPS) is 24.5. The van der Waals surface area contributed by atoms with Crippen LogP contribution in [0.1, 0.15) is 33.6 Å². The summed E-state index contributed by atoms with van der Waals surface area (Å²) in [6, 6.07) is 2.97. The van der Waals surface area contributed by atoms with Gasteiger partial charge in [-0.25, -0.2) is 9.97 Å². The molecule has 0 aliphatic carbocycles. The summed E-state index contributed by atoms with van der Waals surface area (Å²) >= 11 is 0. The summed E-state index contributed by atoms with van der Waals surface area (Å²) in [5, 5.41) is 3.49. The summed E-state index contributed by atoms with van der Waals surface area (Å²) < 4.78 is 5.58. The lowest BCUT2D eigenvalue weighted by molar-refractivity contribution is 0.190. The molecule has 1 saturated heterocycles. The van der Waals surface area contributed by atoms with Crippen molar-refractivity contribution in [3.05, 3.63) is 12.4 Å². The molecule has 1 aromatic heterocycles. The second kappa shape index (κ2) is 6.19. The van der Waals surface area contributed by atoms with Crippen molar-refractivity contribution in [2.45, 2.75) is 51.8 Å². The molecule has 5 heteroatoms. The van der Waals surface area contributed by atoms with E-state index in [2.05, 4.69) is 34.2 Å². The number of nitrogens with zero attached hydrogens (tertiary/aromatic N) is 3. The molecule has 2 atom stereocenters. The van der Waals surface area contributed by atoms with E-state index in [9.17, 15) is 0 Å². The highest BCUT2D eigenvalue weighted by molar-refractivity contribution is 5.38. The molecule has 2 rings (SSSR count). The molecular weight excluding hydrogens is 240 g/mol. The average Bonchev–Trinajstić information content (AvgIpc) is 2.33. The highest BCUT2D eigenvalue weighted by Gasteiger charge is 2.22. The fourth-order valence-electron chi connectivity index (χ4n) is 2.35. The van der Waals surface area contributed by atoms with Crippen LogP contribution >= 0.6 is 0 Å².